The maximum absolute atomic E-state index is 12.7. The average molecular weight is 371 g/mol. The highest BCUT2D eigenvalue weighted by atomic mass is 35.5. The normalized spacial score (nSPS) is 11.1. The van der Waals surface area contributed by atoms with Crippen LogP contribution in [0.4, 0.5) is 24.5 Å². The van der Waals surface area contributed by atoms with Gasteiger partial charge in [-0.3, -0.25) is 9.59 Å². The minimum absolute atomic E-state index is 0.0126. The molecule has 2 aromatic carbocycles. The summed E-state index contributed by atoms with van der Waals surface area (Å²) in [5.74, 6) is -0.567. The van der Waals surface area contributed by atoms with E-state index in [1.165, 1.54) is 6.92 Å². The third kappa shape index (κ3) is 5.22. The van der Waals surface area contributed by atoms with E-state index in [-0.39, 0.29) is 23.0 Å². The Bertz CT molecular complexity index is 789. The fourth-order valence-corrected chi connectivity index (χ4v) is 2.19. The van der Waals surface area contributed by atoms with Crippen molar-refractivity contribution >= 4 is 34.7 Å². The molecule has 0 unspecified atom stereocenters. The Morgan fingerprint density at radius 1 is 1.08 bits per heavy atom. The molecule has 0 atom stereocenters. The number of hydrogen-bond acceptors (Lipinski definition) is 3. The van der Waals surface area contributed by atoms with Crippen molar-refractivity contribution in [2.75, 3.05) is 17.2 Å². The lowest BCUT2D eigenvalue weighted by molar-refractivity contribution is -0.137. The molecule has 2 rings (SSSR count). The van der Waals surface area contributed by atoms with Crippen LogP contribution in [0.15, 0.2) is 42.5 Å². The number of ketones is 1. The van der Waals surface area contributed by atoms with Crippen LogP contribution in [0.5, 0.6) is 0 Å². The van der Waals surface area contributed by atoms with Gasteiger partial charge in [0.15, 0.2) is 5.78 Å². The second-order valence-corrected chi connectivity index (χ2v) is 5.63. The molecule has 0 spiro atoms. The summed E-state index contributed by atoms with van der Waals surface area (Å²) in [5.41, 5.74) is 0.122. The molecule has 132 valence electrons. The van der Waals surface area contributed by atoms with Crippen molar-refractivity contribution in [2.45, 2.75) is 13.1 Å². The number of halogens is 4. The summed E-state index contributed by atoms with van der Waals surface area (Å²) in [4.78, 5) is 23.1. The molecule has 0 fully saturated rings. The van der Waals surface area contributed by atoms with Crippen molar-refractivity contribution in [3.8, 4) is 0 Å². The second-order valence-electron chi connectivity index (χ2n) is 5.23. The minimum atomic E-state index is -4.50. The summed E-state index contributed by atoms with van der Waals surface area (Å²) in [7, 11) is 0. The first kappa shape index (κ1) is 18.8. The highest BCUT2D eigenvalue weighted by Crippen LogP contribution is 2.33. The van der Waals surface area contributed by atoms with Crippen LogP contribution in [-0.4, -0.2) is 18.2 Å². The van der Waals surface area contributed by atoms with Gasteiger partial charge in [0.05, 0.1) is 22.8 Å². The standard InChI is InChI=1S/C17H14ClF3N2O2/c1-10(24)11-2-5-13(6-3-11)23-16(25)9-22-15-8-12(17(19,20)21)4-7-14(15)18/h2-8,22H,9H2,1H3,(H,23,25). The Balaban J connectivity index is 1.99. The Morgan fingerprint density at radius 2 is 1.72 bits per heavy atom. The summed E-state index contributed by atoms with van der Waals surface area (Å²) in [5, 5.41) is 5.22. The number of amides is 1. The molecule has 1 amide bonds. The van der Waals surface area contributed by atoms with Crippen LogP contribution in [0.25, 0.3) is 0 Å². The molecular weight excluding hydrogens is 357 g/mol. The Hall–Kier alpha value is -2.54. The van der Waals surface area contributed by atoms with Crippen LogP contribution in [0.1, 0.15) is 22.8 Å². The lowest BCUT2D eigenvalue weighted by atomic mass is 10.1. The van der Waals surface area contributed by atoms with E-state index in [9.17, 15) is 22.8 Å². The van der Waals surface area contributed by atoms with Gasteiger partial charge in [-0.15, -0.1) is 0 Å². The van der Waals surface area contributed by atoms with Crippen LogP contribution in [-0.2, 0) is 11.0 Å². The van der Waals surface area contributed by atoms with Gasteiger partial charge in [-0.1, -0.05) is 11.6 Å². The molecule has 0 heterocycles. The third-order valence-electron chi connectivity index (χ3n) is 3.31. The van der Waals surface area contributed by atoms with E-state index in [4.69, 9.17) is 11.6 Å². The zero-order chi connectivity index (χ0) is 18.6. The molecule has 2 aromatic rings. The van der Waals surface area contributed by atoms with Gasteiger partial charge in [0.25, 0.3) is 0 Å². The van der Waals surface area contributed by atoms with E-state index >= 15 is 0 Å². The zero-order valence-corrected chi connectivity index (χ0v) is 13.8. The highest BCUT2D eigenvalue weighted by molar-refractivity contribution is 6.33. The van der Waals surface area contributed by atoms with Gasteiger partial charge >= 0.3 is 6.18 Å². The predicted octanol–water partition coefficient (Wildman–Crippen LogP) is 4.61. The molecule has 0 aliphatic carbocycles. The molecule has 0 bridgehead atoms. The van der Waals surface area contributed by atoms with Crippen molar-refractivity contribution in [3.05, 3.63) is 58.6 Å². The van der Waals surface area contributed by atoms with E-state index in [2.05, 4.69) is 10.6 Å². The molecule has 0 saturated carbocycles. The number of alkyl halides is 3. The van der Waals surface area contributed by atoms with Gasteiger partial charge in [-0.25, -0.2) is 0 Å². The highest BCUT2D eigenvalue weighted by Gasteiger charge is 2.30. The molecular formula is C17H14ClF3N2O2. The summed E-state index contributed by atoms with van der Waals surface area (Å²) < 4.78 is 38.1. The van der Waals surface area contributed by atoms with Crippen molar-refractivity contribution in [3.63, 3.8) is 0 Å². The molecule has 0 aliphatic heterocycles. The van der Waals surface area contributed by atoms with Gasteiger partial charge < -0.3 is 10.6 Å². The van der Waals surface area contributed by atoms with E-state index in [0.717, 1.165) is 18.2 Å². The summed E-state index contributed by atoms with van der Waals surface area (Å²) >= 11 is 5.84. The third-order valence-corrected chi connectivity index (χ3v) is 3.64. The summed E-state index contributed by atoms with van der Waals surface area (Å²) in [6.07, 6.45) is -4.50. The summed E-state index contributed by atoms with van der Waals surface area (Å²) in [6, 6.07) is 9.08. The Morgan fingerprint density at radius 3 is 2.28 bits per heavy atom. The zero-order valence-electron chi connectivity index (χ0n) is 13.1. The molecule has 4 nitrogen and oxygen atoms in total. The molecule has 0 aromatic heterocycles. The minimum Gasteiger partial charge on any atom is -0.375 e. The van der Waals surface area contributed by atoms with Crippen LogP contribution in [0.2, 0.25) is 5.02 Å². The Kier molecular flexibility index (Phi) is 5.69. The van der Waals surface area contributed by atoms with Crippen molar-refractivity contribution in [2.24, 2.45) is 0 Å². The summed E-state index contributed by atoms with van der Waals surface area (Å²) in [6.45, 7) is 1.16. The first-order chi connectivity index (χ1) is 11.7. The van der Waals surface area contributed by atoms with Crippen LogP contribution in [0, 0.1) is 0 Å². The molecule has 0 saturated heterocycles. The van der Waals surface area contributed by atoms with Gasteiger partial charge in [0.2, 0.25) is 5.91 Å². The van der Waals surface area contributed by atoms with Gasteiger partial charge in [-0.2, -0.15) is 13.2 Å². The van der Waals surface area contributed by atoms with E-state index in [0.29, 0.717) is 11.3 Å². The van der Waals surface area contributed by atoms with Crippen molar-refractivity contribution < 1.29 is 22.8 Å². The number of benzene rings is 2. The predicted molar refractivity (Wildman–Crippen MR) is 90.0 cm³/mol. The van der Waals surface area contributed by atoms with Gasteiger partial charge in [-0.05, 0) is 49.4 Å². The van der Waals surface area contributed by atoms with Gasteiger partial charge in [0, 0.05) is 11.3 Å². The number of anilines is 2. The molecule has 0 aliphatic rings. The van der Waals surface area contributed by atoms with Gasteiger partial charge in [0.1, 0.15) is 0 Å². The lowest BCUT2D eigenvalue weighted by Gasteiger charge is -2.12. The van der Waals surface area contributed by atoms with Crippen LogP contribution >= 0.6 is 11.6 Å². The lowest BCUT2D eigenvalue weighted by Crippen LogP contribution is -2.22. The number of hydrogen-bond donors (Lipinski definition) is 2. The SMILES string of the molecule is CC(=O)c1ccc(NC(=O)CNc2cc(C(F)(F)F)ccc2Cl)cc1. The second kappa shape index (κ2) is 7.57. The number of rotatable bonds is 5. The first-order valence-corrected chi connectivity index (χ1v) is 7.56. The maximum Gasteiger partial charge on any atom is 0.416 e. The molecule has 2 N–H and O–H groups in total. The smallest absolute Gasteiger partial charge is 0.375 e. The van der Waals surface area contributed by atoms with E-state index in [1.54, 1.807) is 24.3 Å². The number of nitrogens with one attached hydrogen (secondary N) is 2. The van der Waals surface area contributed by atoms with Crippen molar-refractivity contribution in [1.29, 1.82) is 0 Å². The van der Waals surface area contributed by atoms with Crippen LogP contribution < -0.4 is 10.6 Å². The average Bonchev–Trinajstić information content (AvgIpc) is 2.53. The fourth-order valence-electron chi connectivity index (χ4n) is 2.01. The van der Waals surface area contributed by atoms with E-state index in [1.807, 2.05) is 0 Å². The van der Waals surface area contributed by atoms with Crippen LogP contribution in [0.3, 0.4) is 0 Å². The number of Topliss-reactive ketones (excluding diaryl/α,β-unsaturated/α-hetero) is 1. The monoisotopic (exact) mass is 370 g/mol. The largest absolute Gasteiger partial charge is 0.416 e. The quantitative estimate of drug-likeness (QED) is 0.755. The number of carbonyl (C=O) groups is 2. The molecule has 8 heteroatoms. The van der Waals surface area contributed by atoms with E-state index < -0.39 is 17.6 Å². The first-order valence-electron chi connectivity index (χ1n) is 7.18. The maximum atomic E-state index is 12.7. The number of carbonyl (C=O) groups excluding carboxylic acids is 2. The van der Waals surface area contributed by atoms with Crippen molar-refractivity contribution in [1.82, 2.24) is 0 Å². The Labute approximate surface area is 147 Å². The topological polar surface area (TPSA) is 58.2 Å². The molecule has 25 heavy (non-hydrogen) atoms. The molecule has 0 radical (unpaired) electrons. The fraction of sp³-hybridized carbons (Fsp3) is 0.176.